The molecule has 19 heavy (non-hydrogen) atoms. The molecule has 0 saturated carbocycles. The quantitative estimate of drug-likeness (QED) is 0.893. The number of rotatable bonds is 5. The minimum atomic E-state index is 0.400. The molecule has 0 saturated heterocycles. The number of hydrogen-bond donors (Lipinski definition) is 1. The van der Waals surface area contributed by atoms with Gasteiger partial charge in [-0.25, -0.2) is 9.97 Å². The van der Waals surface area contributed by atoms with E-state index in [1.165, 1.54) is 5.56 Å². The standard InChI is InChI=1S/C15H20N4/c1-4-17-14-10-13(11(2)3)18-15(19-14)9-12-5-7-16-8-6-12/h5-8,10-11H,4,9H2,1-3H3,(H,17,18,19). The highest BCUT2D eigenvalue weighted by molar-refractivity contribution is 5.37. The molecule has 2 rings (SSSR count). The number of hydrogen-bond acceptors (Lipinski definition) is 4. The zero-order valence-corrected chi connectivity index (χ0v) is 11.7. The highest BCUT2D eigenvalue weighted by Gasteiger charge is 2.08. The number of pyridine rings is 1. The Labute approximate surface area is 114 Å². The van der Waals surface area contributed by atoms with Gasteiger partial charge in [-0.1, -0.05) is 13.8 Å². The molecule has 0 radical (unpaired) electrons. The molecule has 1 N–H and O–H groups in total. The van der Waals surface area contributed by atoms with Crippen molar-refractivity contribution in [1.82, 2.24) is 15.0 Å². The first-order valence-corrected chi connectivity index (χ1v) is 6.69. The third-order valence-corrected chi connectivity index (χ3v) is 2.85. The maximum atomic E-state index is 4.64. The Morgan fingerprint density at radius 1 is 1.16 bits per heavy atom. The van der Waals surface area contributed by atoms with Gasteiger partial charge in [-0.15, -0.1) is 0 Å². The van der Waals surface area contributed by atoms with Crippen LogP contribution in [0.25, 0.3) is 0 Å². The Bertz CT molecular complexity index is 523. The number of nitrogens with one attached hydrogen (secondary N) is 1. The molecule has 4 heteroatoms. The molecule has 2 heterocycles. The van der Waals surface area contributed by atoms with E-state index in [9.17, 15) is 0 Å². The van der Waals surface area contributed by atoms with Crippen molar-refractivity contribution in [3.63, 3.8) is 0 Å². The Morgan fingerprint density at radius 2 is 1.89 bits per heavy atom. The summed E-state index contributed by atoms with van der Waals surface area (Å²) in [6, 6.07) is 6.03. The van der Waals surface area contributed by atoms with E-state index < -0.39 is 0 Å². The van der Waals surface area contributed by atoms with Crippen LogP contribution >= 0.6 is 0 Å². The predicted octanol–water partition coefficient (Wildman–Crippen LogP) is 3.02. The van der Waals surface area contributed by atoms with Gasteiger partial charge in [0.15, 0.2) is 0 Å². The lowest BCUT2D eigenvalue weighted by atomic mass is 10.1. The molecule has 0 bridgehead atoms. The van der Waals surface area contributed by atoms with Gasteiger partial charge in [-0.2, -0.15) is 0 Å². The van der Waals surface area contributed by atoms with Crippen LogP contribution in [0.5, 0.6) is 0 Å². The van der Waals surface area contributed by atoms with Gasteiger partial charge in [0.25, 0.3) is 0 Å². The minimum absolute atomic E-state index is 0.400. The first-order valence-electron chi connectivity index (χ1n) is 6.69. The molecule has 0 spiro atoms. The van der Waals surface area contributed by atoms with Crippen molar-refractivity contribution in [2.75, 3.05) is 11.9 Å². The molecule has 0 aliphatic heterocycles. The van der Waals surface area contributed by atoms with Crippen molar-refractivity contribution in [3.05, 3.63) is 47.7 Å². The minimum Gasteiger partial charge on any atom is -0.370 e. The number of nitrogens with zero attached hydrogens (tertiary/aromatic N) is 3. The summed E-state index contributed by atoms with van der Waals surface area (Å²) in [5.74, 6) is 2.16. The normalized spacial score (nSPS) is 10.7. The van der Waals surface area contributed by atoms with Crippen LogP contribution in [0.3, 0.4) is 0 Å². The van der Waals surface area contributed by atoms with E-state index in [-0.39, 0.29) is 0 Å². The summed E-state index contributed by atoms with van der Waals surface area (Å²) in [5, 5.41) is 3.27. The van der Waals surface area contributed by atoms with Gasteiger partial charge in [-0.05, 0) is 30.5 Å². The molecule has 0 fully saturated rings. The van der Waals surface area contributed by atoms with Crippen LogP contribution in [0.4, 0.5) is 5.82 Å². The summed E-state index contributed by atoms with van der Waals surface area (Å²) in [7, 11) is 0. The summed E-state index contributed by atoms with van der Waals surface area (Å²) >= 11 is 0. The second-order valence-electron chi connectivity index (χ2n) is 4.81. The van der Waals surface area contributed by atoms with Crippen LogP contribution in [0.1, 0.15) is 43.8 Å². The largest absolute Gasteiger partial charge is 0.370 e. The first-order chi connectivity index (χ1) is 9.19. The molecule has 0 atom stereocenters. The van der Waals surface area contributed by atoms with Crippen LogP contribution in [-0.4, -0.2) is 21.5 Å². The van der Waals surface area contributed by atoms with E-state index in [2.05, 4.69) is 41.0 Å². The Hall–Kier alpha value is -1.97. The van der Waals surface area contributed by atoms with E-state index in [0.717, 1.165) is 30.3 Å². The van der Waals surface area contributed by atoms with Crippen LogP contribution in [0, 0.1) is 0 Å². The molecule has 0 aliphatic rings. The van der Waals surface area contributed by atoms with Gasteiger partial charge in [0.1, 0.15) is 11.6 Å². The fourth-order valence-electron chi connectivity index (χ4n) is 1.85. The van der Waals surface area contributed by atoms with E-state index in [0.29, 0.717) is 5.92 Å². The maximum absolute atomic E-state index is 4.64. The molecule has 0 amide bonds. The van der Waals surface area contributed by atoms with E-state index in [4.69, 9.17) is 0 Å². The van der Waals surface area contributed by atoms with Crippen LogP contribution in [0.15, 0.2) is 30.6 Å². The lowest BCUT2D eigenvalue weighted by molar-refractivity contribution is 0.791. The molecule has 0 aromatic carbocycles. The highest BCUT2D eigenvalue weighted by atomic mass is 15.0. The average molecular weight is 256 g/mol. The first kappa shape index (κ1) is 13.5. The summed E-state index contributed by atoms with van der Waals surface area (Å²) < 4.78 is 0. The van der Waals surface area contributed by atoms with Gasteiger partial charge in [0, 0.05) is 37.1 Å². The molecule has 100 valence electrons. The Kier molecular flexibility index (Phi) is 4.44. The molecular weight excluding hydrogens is 236 g/mol. The van der Waals surface area contributed by atoms with Gasteiger partial charge < -0.3 is 5.32 Å². The van der Waals surface area contributed by atoms with Crippen molar-refractivity contribution in [3.8, 4) is 0 Å². The molecular formula is C15H20N4. The average Bonchev–Trinajstić information content (AvgIpc) is 2.40. The third kappa shape index (κ3) is 3.74. The van der Waals surface area contributed by atoms with Crippen LogP contribution in [-0.2, 0) is 6.42 Å². The van der Waals surface area contributed by atoms with Crippen molar-refractivity contribution in [2.45, 2.75) is 33.1 Å². The van der Waals surface area contributed by atoms with E-state index in [1.807, 2.05) is 18.2 Å². The van der Waals surface area contributed by atoms with Crippen LogP contribution < -0.4 is 5.32 Å². The predicted molar refractivity (Wildman–Crippen MR) is 77.3 cm³/mol. The molecule has 2 aromatic rings. The Balaban J connectivity index is 2.28. The van der Waals surface area contributed by atoms with E-state index >= 15 is 0 Å². The fraction of sp³-hybridized carbons (Fsp3) is 0.400. The van der Waals surface area contributed by atoms with Gasteiger partial charge >= 0.3 is 0 Å². The van der Waals surface area contributed by atoms with Crippen molar-refractivity contribution in [1.29, 1.82) is 0 Å². The van der Waals surface area contributed by atoms with Crippen LogP contribution in [0.2, 0.25) is 0 Å². The summed E-state index contributed by atoms with van der Waals surface area (Å²) in [6.07, 6.45) is 4.33. The summed E-state index contributed by atoms with van der Waals surface area (Å²) in [6.45, 7) is 7.23. The maximum Gasteiger partial charge on any atom is 0.135 e. The summed E-state index contributed by atoms with van der Waals surface area (Å²) in [4.78, 5) is 13.2. The zero-order valence-electron chi connectivity index (χ0n) is 11.7. The number of anilines is 1. The second-order valence-corrected chi connectivity index (χ2v) is 4.81. The molecule has 2 aromatic heterocycles. The van der Waals surface area contributed by atoms with E-state index in [1.54, 1.807) is 12.4 Å². The molecule has 0 aliphatic carbocycles. The highest BCUT2D eigenvalue weighted by Crippen LogP contribution is 2.17. The zero-order chi connectivity index (χ0) is 13.7. The van der Waals surface area contributed by atoms with Gasteiger partial charge in [0.05, 0.1) is 0 Å². The smallest absolute Gasteiger partial charge is 0.135 e. The fourth-order valence-corrected chi connectivity index (χ4v) is 1.85. The lowest BCUT2D eigenvalue weighted by Gasteiger charge is -2.11. The van der Waals surface area contributed by atoms with Crippen molar-refractivity contribution in [2.24, 2.45) is 0 Å². The third-order valence-electron chi connectivity index (χ3n) is 2.85. The molecule has 4 nitrogen and oxygen atoms in total. The SMILES string of the molecule is CCNc1cc(C(C)C)nc(Cc2ccncc2)n1. The number of aromatic nitrogens is 3. The lowest BCUT2D eigenvalue weighted by Crippen LogP contribution is -2.07. The Morgan fingerprint density at radius 3 is 2.53 bits per heavy atom. The summed E-state index contributed by atoms with van der Waals surface area (Å²) in [5.41, 5.74) is 2.26. The van der Waals surface area contributed by atoms with Crippen molar-refractivity contribution < 1.29 is 0 Å². The second kappa shape index (κ2) is 6.27. The molecule has 0 unspecified atom stereocenters. The van der Waals surface area contributed by atoms with Crippen molar-refractivity contribution >= 4 is 5.82 Å². The topological polar surface area (TPSA) is 50.7 Å². The monoisotopic (exact) mass is 256 g/mol. The van der Waals surface area contributed by atoms with Gasteiger partial charge in [-0.3, -0.25) is 4.98 Å². The van der Waals surface area contributed by atoms with Gasteiger partial charge in [0.2, 0.25) is 0 Å².